The van der Waals surface area contributed by atoms with E-state index in [2.05, 4.69) is 15.6 Å². The Morgan fingerprint density at radius 2 is 1.77 bits per heavy atom. The molecule has 0 unspecified atom stereocenters. The van der Waals surface area contributed by atoms with E-state index in [1.165, 1.54) is 12.1 Å². The van der Waals surface area contributed by atoms with Crippen molar-refractivity contribution in [2.24, 2.45) is 7.05 Å². The lowest BCUT2D eigenvalue weighted by molar-refractivity contribution is 0.0966. The average molecular weight is 402 g/mol. The number of rotatable bonds is 3. The fourth-order valence-corrected chi connectivity index (χ4v) is 3.84. The number of nitrogens with one attached hydrogen (secondary N) is 1. The molecule has 0 saturated heterocycles. The summed E-state index contributed by atoms with van der Waals surface area (Å²) < 4.78 is 29.8. The van der Waals surface area contributed by atoms with Gasteiger partial charge >= 0.3 is 0 Å². The number of fused-ring (bicyclic) bond motifs is 1. The zero-order chi connectivity index (χ0) is 20.8. The standard InChI is InChI=1S/C23H16F2N4O/c1-29-22(12-27-28-29)14-4-2-3-13(7-14)18-8-15-11-26-23(30)19(15)10-20(18)17-6-5-16(24)9-21(17)25/h2-10,12H,11H2,1H3,(H,26,30). The van der Waals surface area contributed by atoms with Gasteiger partial charge in [-0.05, 0) is 52.6 Å². The lowest BCUT2D eigenvalue weighted by Crippen LogP contribution is -2.12. The van der Waals surface area contributed by atoms with Crippen LogP contribution in [0.1, 0.15) is 15.9 Å². The maximum atomic E-state index is 14.7. The third-order valence-corrected chi connectivity index (χ3v) is 5.33. The highest BCUT2D eigenvalue weighted by Gasteiger charge is 2.23. The van der Waals surface area contributed by atoms with Gasteiger partial charge in [-0.15, -0.1) is 5.10 Å². The van der Waals surface area contributed by atoms with Gasteiger partial charge in [0.05, 0.1) is 11.9 Å². The summed E-state index contributed by atoms with van der Waals surface area (Å²) in [4.78, 5) is 12.2. The second-order valence-electron chi connectivity index (χ2n) is 7.19. The third kappa shape index (κ3) is 2.95. The van der Waals surface area contributed by atoms with Crippen LogP contribution in [-0.4, -0.2) is 20.9 Å². The van der Waals surface area contributed by atoms with Crippen LogP contribution in [0.25, 0.3) is 33.5 Å². The molecule has 148 valence electrons. The molecule has 7 heteroatoms. The zero-order valence-electron chi connectivity index (χ0n) is 16.0. The maximum absolute atomic E-state index is 14.7. The molecule has 1 aliphatic rings. The summed E-state index contributed by atoms with van der Waals surface area (Å²) in [6, 6.07) is 14.8. The quantitative estimate of drug-likeness (QED) is 0.555. The minimum Gasteiger partial charge on any atom is -0.348 e. The van der Waals surface area contributed by atoms with Crippen LogP contribution in [-0.2, 0) is 13.6 Å². The van der Waals surface area contributed by atoms with Crippen molar-refractivity contribution in [2.45, 2.75) is 6.54 Å². The van der Waals surface area contributed by atoms with Gasteiger partial charge in [0, 0.05) is 36.3 Å². The first-order valence-corrected chi connectivity index (χ1v) is 9.37. The molecule has 1 aromatic heterocycles. The zero-order valence-corrected chi connectivity index (χ0v) is 16.0. The van der Waals surface area contributed by atoms with Crippen LogP contribution in [0.4, 0.5) is 8.78 Å². The number of carbonyl (C=O) groups is 1. The fraction of sp³-hybridized carbons (Fsp3) is 0.0870. The van der Waals surface area contributed by atoms with Gasteiger partial charge in [0.1, 0.15) is 11.6 Å². The van der Waals surface area contributed by atoms with Gasteiger partial charge < -0.3 is 5.32 Å². The van der Waals surface area contributed by atoms with Crippen molar-refractivity contribution in [3.05, 3.63) is 83.6 Å². The summed E-state index contributed by atoms with van der Waals surface area (Å²) in [6.07, 6.45) is 1.67. The van der Waals surface area contributed by atoms with E-state index in [1.54, 1.807) is 24.0 Å². The van der Waals surface area contributed by atoms with Crippen LogP contribution in [0, 0.1) is 11.6 Å². The van der Waals surface area contributed by atoms with Gasteiger partial charge in [0.25, 0.3) is 5.91 Å². The van der Waals surface area contributed by atoms with Crippen LogP contribution < -0.4 is 5.32 Å². The number of hydrogen-bond acceptors (Lipinski definition) is 3. The predicted octanol–water partition coefficient (Wildman–Crippen LogP) is 4.34. The minimum atomic E-state index is -0.679. The van der Waals surface area contributed by atoms with E-state index < -0.39 is 11.6 Å². The molecule has 0 atom stereocenters. The highest BCUT2D eigenvalue weighted by Crippen LogP contribution is 2.38. The van der Waals surface area contributed by atoms with Crippen LogP contribution in [0.5, 0.6) is 0 Å². The van der Waals surface area contributed by atoms with Gasteiger partial charge in [-0.25, -0.2) is 13.5 Å². The summed E-state index contributed by atoms with van der Waals surface area (Å²) >= 11 is 0. The third-order valence-electron chi connectivity index (χ3n) is 5.33. The molecule has 5 rings (SSSR count). The first-order valence-electron chi connectivity index (χ1n) is 9.37. The topological polar surface area (TPSA) is 59.8 Å². The summed E-state index contributed by atoms with van der Waals surface area (Å²) in [5.41, 5.74) is 5.45. The van der Waals surface area contributed by atoms with E-state index in [-0.39, 0.29) is 11.5 Å². The number of carbonyl (C=O) groups excluding carboxylic acids is 1. The van der Waals surface area contributed by atoms with Crippen molar-refractivity contribution >= 4 is 5.91 Å². The second-order valence-corrected chi connectivity index (χ2v) is 7.19. The number of amides is 1. The van der Waals surface area contributed by atoms with Crippen LogP contribution in [0.3, 0.4) is 0 Å². The predicted molar refractivity (Wildman–Crippen MR) is 108 cm³/mol. The van der Waals surface area contributed by atoms with E-state index in [0.29, 0.717) is 17.7 Å². The molecule has 1 aliphatic heterocycles. The first kappa shape index (κ1) is 18.2. The summed E-state index contributed by atoms with van der Waals surface area (Å²) in [5.74, 6) is -1.53. The van der Waals surface area contributed by atoms with Gasteiger partial charge in [0.2, 0.25) is 0 Å². The highest BCUT2D eigenvalue weighted by atomic mass is 19.1. The Balaban J connectivity index is 1.74. The summed E-state index contributed by atoms with van der Waals surface area (Å²) in [7, 11) is 1.81. The molecule has 1 N–H and O–H groups in total. The Bertz CT molecular complexity index is 1310. The Morgan fingerprint density at radius 1 is 0.933 bits per heavy atom. The van der Waals surface area contributed by atoms with Gasteiger partial charge in [-0.3, -0.25) is 4.79 Å². The number of aryl methyl sites for hydroxylation is 1. The van der Waals surface area contributed by atoms with Crippen molar-refractivity contribution in [3.8, 4) is 33.5 Å². The molecule has 4 aromatic rings. The average Bonchev–Trinajstić information content (AvgIpc) is 3.33. The van der Waals surface area contributed by atoms with E-state index >= 15 is 0 Å². The fourth-order valence-electron chi connectivity index (χ4n) is 3.84. The van der Waals surface area contributed by atoms with E-state index in [4.69, 9.17) is 0 Å². The largest absolute Gasteiger partial charge is 0.348 e. The van der Waals surface area contributed by atoms with Crippen molar-refractivity contribution in [2.75, 3.05) is 0 Å². The molecular weight excluding hydrogens is 386 g/mol. The molecule has 30 heavy (non-hydrogen) atoms. The second kappa shape index (κ2) is 6.88. The molecule has 0 fully saturated rings. The van der Waals surface area contributed by atoms with Crippen molar-refractivity contribution < 1.29 is 13.6 Å². The molecular formula is C23H16F2N4O. The molecule has 0 aliphatic carbocycles. The van der Waals surface area contributed by atoms with Crippen molar-refractivity contribution in [1.82, 2.24) is 20.3 Å². The number of aromatic nitrogens is 3. The van der Waals surface area contributed by atoms with Gasteiger partial charge in [-0.2, -0.15) is 0 Å². The van der Waals surface area contributed by atoms with E-state index in [1.807, 2.05) is 30.3 Å². The minimum absolute atomic E-state index is 0.199. The lowest BCUT2D eigenvalue weighted by Gasteiger charge is -2.14. The molecule has 0 saturated carbocycles. The number of benzene rings is 3. The summed E-state index contributed by atoms with van der Waals surface area (Å²) in [5, 5.41) is 10.7. The molecule has 0 spiro atoms. The monoisotopic (exact) mass is 402 g/mol. The number of nitrogens with zero attached hydrogens (tertiary/aromatic N) is 3. The lowest BCUT2D eigenvalue weighted by atomic mass is 9.89. The number of halogens is 2. The van der Waals surface area contributed by atoms with Crippen LogP contribution >= 0.6 is 0 Å². The van der Waals surface area contributed by atoms with Crippen LogP contribution in [0.2, 0.25) is 0 Å². The smallest absolute Gasteiger partial charge is 0.251 e. The normalized spacial score (nSPS) is 12.7. The Labute approximate surface area is 171 Å². The molecule has 1 amide bonds. The van der Waals surface area contributed by atoms with E-state index in [0.717, 1.165) is 34.0 Å². The SMILES string of the molecule is Cn1nncc1-c1cccc(-c2cc3c(cc2-c2ccc(F)cc2F)C(=O)NC3)c1. The Kier molecular flexibility index (Phi) is 4.17. The first-order chi connectivity index (χ1) is 14.5. The van der Waals surface area contributed by atoms with E-state index in [9.17, 15) is 13.6 Å². The Morgan fingerprint density at radius 3 is 2.53 bits per heavy atom. The highest BCUT2D eigenvalue weighted by molar-refractivity contribution is 6.01. The molecule has 0 radical (unpaired) electrons. The van der Waals surface area contributed by atoms with Gasteiger partial charge in [0.15, 0.2) is 0 Å². The van der Waals surface area contributed by atoms with Crippen LogP contribution in [0.15, 0.2) is 60.8 Å². The molecule has 2 heterocycles. The molecule has 0 bridgehead atoms. The Hall–Kier alpha value is -3.87. The van der Waals surface area contributed by atoms with Crippen molar-refractivity contribution in [1.29, 1.82) is 0 Å². The van der Waals surface area contributed by atoms with Crippen molar-refractivity contribution in [3.63, 3.8) is 0 Å². The number of hydrogen-bond donors (Lipinski definition) is 1. The molecule has 3 aromatic carbocycles. The summed E-state index contributed by atoms with van der Waals surface area (Å²) in [6.45, 7) is 0.415. The molecule has 5 nitrogen and oxygen atoms in total. The maximum Gasteiger partial charge on any atom is 0.251 e. The van der Waals surface area contributed by atoms with Gasteiger partial charge in [-0.1, -0.05) is 23.4 Å².